The number of benzene rings is 1. The van der Waals surface area contributed by atoms with E-state index in [4.69, 9.17) is 11.6 Å². The number of ether oxygens (including phenoxy) is 1. The quantitative estimate of drug-likeness (QED) is 0.560. The van der Waals surface area contributed by atoms with Crippen molar-refractivity contribution < 1.29 is 31.5 Å². The van der Waals surface area contributed by atoms with Gasteiger partial charge >= 0.3 is 12.8 Å². The molecule has 0 fully saturated rings. The fourth-order valence-electron chi connectivity index (χ4n) is 2.92. The fraction of sp³-hybridized carbons (Fsp3) is 0.278. The molecule has 160 valence electrons. The van der Waals surface area contributed by atoms with Gasteiger partial charge in [-0.15, -0.1) is 0 Å². The van der Waals surface area contributed by atoms with Gasteiger partial charge in [-0.05, 0) is 38.1 Å². The van der Waals surface area contributed by atoms with Gasteiger partial charge in [0.15, 0.2) is 5.65 Å². The van der Waals surface area contributed by atoms with Crippen LogP contribution in [0.5, 0.6) is 5.75 Å². The zero-order valence-corrected chi connectivity index (χ0v) is 16.3. The molecule has 1 N–H and O–H groups in total. The van der Waals surface area contributed by atoms with E-state index in [9.17, 15) is 26.7 Å². The lowest BCUT2D eigenvalue weighted by Gasteiger charge is -2.11. The highest BCUT2D eigenvalue weighted by molar-refractivity contribution is 6.32. The van der Waals surface area contributed by atoms with E-state index in [1.165, 1.54) is 26.0 Å². The van der Waals surface area contributed by atoms with E-state index in [2.05, 4.69) is 20.1 Å². The summed E-state index contributed by atoms with van der Waals surface area (Å²) in [6.07, 6.45) is -4.61. The van der Waals surface area contributed by atoms with Gasteiger partial charge in [-0.25, -0.2) is 9.67 Å². The van der Waals surface area contributed by atoms with Crippen LogP contribution >= 0.6 is 11.6 Å². The van der Waals surface area contributed by atoms with E-state index in [1.54, 1.807) is 0 Å². The average Bonchev–Trinajstić information content (AvgIpc) is 2.90. The summed E-state index contributed by atoms with van der Waals surface area (Å²) in [5.74, 6) is -0.896. The number of aryl methyl sites for hydroxylation is 2. The van der Waals surface area contributed by atoms with Crippen LogP contribution in [0.4, 0.5) is 27.6 Å². The normalized spacial score (nSPS) is 11.9. The Bertz CT molecular complexity index is 1110. The van der Waals surface area contributed by atoms with Crippen LogP contribution in [0.25, 0.3) is 11.0 Å². The molecule has 0 aliphatic rings. The van der Waals surface area contributed by atoms with Crippen LogP contribution in [-0.4, -0.2) is 27.3 Å². The van der Waals surface area contributed by atoms with E-state index in [-0.39, 0.29) is 38.9 Å². The lowest BCUT2D eigenvalue weighted by Crippen LogP contribution is -2.20. The molecule has 0 unspecified atom stereocenters. The minimum absolute atomic E-state index is 0.0753. The van der Waals surface area contributed by atoms with Crippen molar-refractivity contribution in [3.05, 3.63) is 46.2 Å². The molecule has 0 spiro atoms. The van der Waals surface area contributed by atoms with Crippen molar-refractivity contribution in [2.45, 2.75) is 33.2 Å². The summed E-state index contributed by atoms with van der Waals surface area (Å²) in [4.78, 5) is 16.5. The van der Waals surface area contributed by atoms with Crippen molar-refractivity contribution in [1.82, 2.24) is 14.8 Å². The van der Waals surface area contributed by atoms with Crippen LogP contribution < -0.4 is 10.1 Å². The molecule has 6 nitrogen and oxygen atoms in total. The van der Waals surface area contributed by atoms with Crippen molar-refractivity contribution in [1.29, 1.82) is 0 Å². The maximum atomic E-state index is 13.4. The molecular weight excluding hydrogens is 435 g/mol. The monoisotopic (exact) mass is 448 g/mol. The molecule has 0 aliphatic heterocycles. The van der Waals surface area contributed by atoms with Gasteiger partial charge in [0, 0.05) is 11.4 Å². The first-order valence-electron chi connectivity index (χ1n) is 8.42. The van der Waals surface area contributed by atoms with Gasteiger partial charge in [0.2, 0.25) is 5.91 Å². The molecule has 2 aromatic heterocycles. The number of nitrogens with zero attached hydrogens (tertiary/aromatic N) is 3. The predicted molar refractivity (Wildman–Crippen MR) is 98.7 cm³/mol. The third-order valence-electron chi connectivity index (χ3n) is 4.04. The van der Waals surface area contributed by atoms with E-state index in [0.29, 0.717) is 0 Å². The Balaban J connectivity index is 1.86. The van der Waals surface area contributed by atoms with Crippen LogP contribution in [0.2, 0.25) is 5.02 Å². The zero-order chi connectivity index (χ0) is 22.2. The molecule has 3 rings (SSSR count). The van der Waals surface area contributed by atoms with E-state index >= 15 is 0 Å². The first-order chi connectivity index (χ1) is 14.0. The molecule has 30 heavy (non-hydrogen) atoms. The first-order valence-corrected chi connectivity index (χ1v) is 8.79. The summed E-state index contributed by atoms with van der Waals surface area (Å²) in [6.45, 7) is -0.682. The number of fused-ring (bicyclic) bond motifs is 1. The van der Waals surface area contributed by atoms with Gasteiger partial charge in [-0.3, -0.25) is 4.79 Å². The van der Waals surface area contributed by atoms with E-state index < -0.39 is 30.8 Å². The molecular formula is C18H14ClF5N4O2. The number of halogens is 6. The molecule has 12 heteroatoms. The molecule has 1 aromatic carbocycles. The summed E-state index contributed by atoms with van der Waals surface area (Å²) in [5, 5.41) is 6.15. The molecule has 0 radical (unpaired) electrons. The van der Waals surface area contributed by atoms with Crippen molar-refractivity contribution in [3.8, 4) is 5.75 Å². The van der Waals surface area contributed by atoms with Crippen LogP contribution in [0.15, 0.2) is 24.3 Å². The van der Waals surface area contributed by atoms with Crippen LogP contribution in [0.1, 0.15) is 17.0 Å². The third kappa shape index (κ3) is 4.61. The number of rotatable bonds is 5. The summed E-state index contributed by atoms with van der Waals surface area (Å²) in [6, 6.07) is 4.57. The highest BCUT2D eigenvalue weighted by atomic mass is 35.5. The minimum Gasteiger partial charge on any atom is -0.433 e. The van der Waals surface area contributed by atoms with Crippen LogP contribution in [-0.2, 0) is 17.5 Å². The van der Waals surface area contributed by atoms with E-state index in [1.807, 2.05) is 0 Å². The zero-order valence-electron chi connectivity index (χ0n) is 15.5. The Morgan fingerprint density at radius 1 is 1.27 bits per heavy atom. The third-order valence-corrected chi connectivity index (χ3v) is 4.33. The maximum absolute atomic E-state index is 13.4. The second kappa shape index (κ2) is 8.05. The number of aromatic nitrogens is 3. The standard InChI is InChI=1S/C18H14ClF5N4O2/c1-8-5-11(18(22,23)24)15-9(2)27-28(16(15)25-8)7-14(29)26-10-3-4-13(12(19)6-10)30-17(20)21/h3-6,17H,7H2,1-2H3,(H,26,29). The highest BCUT2D eigenvalue weighted by Crippen LogP contribution is 2.36. The molecule has 0 atom stereocenters. The number of hydrogen-bond acceptors (Lipinski definition) is 4. The summed E-state index contributed by atoms with van der Waals surface area (Å²) < 4.78 is 69.9. The number of carbonyl (C=O) groups is 1. The molecule has 1 amide bonds. The number of anilines is 1. The molecule has 3 aromatic rings. The largest absolute Gasteiger partial charge is 0.433 e. The van der Waals surface area contributed by atoms with Crippen LogP contribution in [0.3, 0.4) is 0 Å². The number of amides is 1. The van der Waals surface area contributed by atoms with Gasteiger partial charge in [0.25, 0.3) is 0 Å². The lowest BCUT2D eigenvalue weighted by molar-refractivity contribution is -0.136. The highest BCUT2D eigenvalue weighted by Gasteiger charge is 2.35. The second-order valence-corrected chi connectivity index (χ2v) is 6.73. The Kier molecular flexibility index (Phi) is 5.84. The number of alkyl halides is 5. The van der Waals surface area contributed by atoms with Crippen molar-refractivity contribution in [3.63, 3.8) is 0 Å². The molecule has 0 saturated heterocycles. The Morgan fingerprint density at radius 2 is 1.97 bits per heavy atom. The van der Waals surface area contributed by atoms with Gasteiger partial charge in [-0.2, -0.15) is 27.1 Å². The Hall–Kier alpha value is -2.95. The molecule has 0 aliphatic carbocycles. The van der Waals surface area contributed by atoms with E-state index in [0.717, 1.165) is 16.8 Å². The first kappa shape index (κ1) is 21.8. The second-order valence-electron chi connectivity index (χ2n) is 6.32. The average molecular weight is 449 g/mol. The number of nitrogens with one attached hydrogen (secondary N) is 1. The van der Waals surface area contributed by atoms with Crippen molar-refractivity contribution in [2.75, 3.05) is 5.32 Å². The van der Waals surface area contributed by atoms with Crippen LogP contribution in [0, 0.1) is 13.8 Å². The number of hydrogen-bond donors (Lipinski definition) is 1. The van der Waals surface area contributed by atoms with Gasteiger partial charge in [0.05, 0.1) is 21.7 Å². The summed E-state index contributed by atoms with van der Waals surface area (Å²) in [5.41, 5.74) is -0.573. The lowest BCUT2D eigenvalue weighted by atomic mass is 10.1. The molecule has 0 saturated carbocycles. The number of carbonyl (C=O) groups excluding carboxylic acids is 1. The maximum Gasteiger partial charge on any atom is 0.417 e. The van der Waals surface area contributed by atoms with Gasteiger partial charge in [0.1, 0.15) is 12.3 Å². The smallest absolute Gasteiger partial charge is 0.417 e. The molecule has 0 bridgehead atoms. The molecule has 2 heterocycles. The fourth-order valence-corrected chi connectivity index (χ4v) is 3.14. The Labute approximate surface area is 171 Å². The summed E-state index contributed by atoms with van der Waals surface area (Å²) >= 11 is 5.83. The Morgan fingerprint density at radius 3 is 2.57 bits per heavy atom. The minimum atomic E-state index is -4.61. The predicted octanol–water partition coefficient (Wildman–Crippen LogP) is 4.96. The van der Waals surface area contributed by atoms with Gasteiger partial charge < -0.3 is 10.1 Å². The SMILES string of the molecule is Cc1cc(C(F)(F)F)c2c(C)nn(CC(=O)Nc3ccc(OC(F)F)c(Cl)c3)c2n1. The van der Waals surface area contributed by atoms with Crippen molar-refractivity contribution >= 4 is 34.2 Å². The topological polar surface area (TPSA) is 69.0 Å². The van der Waals surface area contributed by atoms with Crippen molar-refractivity contribution in [2.24, 2.45) is 0 Å². The van der Waals surface area contributed by atoms with Gasteiger partial charge in [-0.1, -0.05) is 11.6 Å². The summed E-state index contributed by atoms with van der Waals surface area (Å²) in [7, 11) is 0. The number of pyridine rings is 1.